The van der Waals surface area contributed by atoms with Crippen molar-refractivity contribution in [2.45, 2.75) is 53.0 Å². The zero-order valence-electron chi connectivity index (χ0n) is 18.9. The molecule has 0 spiro atoms. The largest absolute Gasteiger partial charge is 0.465 e. The van der Waals surface area contributed by atoms with E-state index in [1.807, 2.05) is 58.0 Å². The van der Waals surface area contributed by atoms with Crippen LogP contribution in [0, 0.1) is 0 Å². The summed E-state index contributed by atoms with van der Waals surface area (Å²) in [5, 5.41) is 3.62. The summed E-state index contributed by atoms with van der Waals surface area (Å²) >= 11 is 3.53. The number of carbonyl (C=O) groups excluding carboxylic acids is 1. The third-order valence-corrected chi connectivity index (χ3v) is 4.44. The van der Waals surface area contributed by atoms with Crippen LogP contribution in [-0.2, 0) is 4.74 Å². The number of fused-ring (bicyclic) bond motifs is 1. The molecule has 0 aliphatic carbocycles. The molecule has 0 saturated carbocycles. The number of esters is 1. The summed E-state index contributed by atoms with van der Waals surface area (Å²) in [4.78, 5) is 11.8. The smallest absolute Gasteiger partial charge is 0.337 e. The fourth-order valence-corrected chi connectivity index (χ4v) is 3.20. The Kier molecular flexibility index (Phi) is 14.5. The molecule has 0 amide bonds. The fourth-order valence-electron chi connectivity index (χ4n) is 3.20. The molecule has 29 heavy (non-hydrogen) atoms. The summed E-state index contributed by atoms with van der Waals surface area (Å²) in [6, 6.07) is 5.98. The molecule has 0 bridgehead atoms. The molecular formula is C25H37NO2S. The van der Waals surface area contributed by atoms with Gasteiger partial charge in [0.1, 0.15) is 0 Å². The molecule has 0 aromatic heterocycles. The first kappa shape index (κ1) is 26.8. The highest BCUT2D eigenvalue weighted by Crippen LogP contribution is 2.38. The van der Waals surface area contributed by atoms with Crippen molar-refractivity contribution in [3.8, 4) is 0 Å². The topological polar surface area (TPSA) is 38.3 Å². The second-order valence-electron chi connectivity index (χ2n) is 6.03. The standard InChI is InChI=1S/C22H27NO2.C2H6.CH4S/c1-5-8-9-11-16(7-3)21-15-17(10-6-2)19-14-18(22(24)25-4)12-13-20(19)23-21;2*1-2/h5-14,17,21,23H,15H2,1-4H3;1-2H3;2H,1H3/b8-5-,10-6-,11-9-,16-7+;;. The average Bonchev–Trinajstić information content (AvgIpc) is 2.78. The summed E-state index contributed by atoms with van der Waals surface area (Å²) in [5.41, 5.74) is 4.07. The summed E-state index contributed by atoms with van der Waals surface area (Å²) < 4.78 is 4.85. The lowest BCUT2D eigenvalue weighted by Crippen LogP contribution is -2.29. The van der Waals surface area contributed by atoms with E-state index >= 15 is 0 Å². The van der Waals surface area contributed by atoms with Crippen molar-refractivity contribution in [2.75, 3.05) is 18.7 Å². The maximum atomic E-state index is 11.8. The van der Waals surface area contributed by atoms with Crippen LogP contribution in [0.25, 0.3) is 0 Å². The Bertz CT molecular complexity index is 732. The monoisotopic (exact) mass is 415 g/mol. The number of methoxy groups -OCH3 is 1. The van der Waals surface area contributed by atoms with Gasteiger partial charge in [-0.05, 0) is 62.8 Å². The summed E-state index contributed by atoms with van der Waals surface area (Å²) in [6.07, 6.45) is 17.3. The van der Waals surface area contributed by atoms with E-state index in [1.54, 1.807) is 6.26 Å². The summed E-state index contributed by atoms with van der Waals surface area (Å²) in [7, 11) is 1.41. The predicted octanol–water partition coefficient (Wildman–Crippen LogP) is 6.97. The first-order valence-electron chi connectivity index (χ1n) is 10.2. The fraction of sp³-hybridized carbons (Fsp3) is 0.400. The molecule has 3 nitrogen and oxygen atoms in total. The zero-order valence-corrected chi connectivity index (χ0v) is 19.8. The van der Waals surface area contributed by atoms with E-state index in [9.17, 15) is 4.79 Å². The van der Waals surface area contributed by atoms with Crippen molar-refractivity contribution < 1.29 is 9.53 Å². The molecular weight excluding hydrogens is 378 g/mol. The van der Waals surface area contributed by atoms with E-state index in [1.165, 1.54) is 12.7 Å². The number of carbonyl (C=O) groups is 1. The quantitative estimate of drug-likeness (QED) is 0.236. The van der Waals surface area contributed by atoms with Crippen LogP contribution in [0.3, 0.4) is 0 Å². The van der Waals surface area contributed by atoms with Crippen molar-refractivity contribution in [3.05, 3.63) is 77.4 Å². The van der Waals surface area contributed by atoms with E-state index in [0.29, 0.717) is 5.56 Å². The second kappa shape index (κ2) is 15.7. The molecule has 1 aromatic carbocycles. The molecule has 2 unspecified atom stereocenters. The van der Waals surface area contributed by atoms with Gasteiger partial charge in [-0.1, -0.05) is 56.4 Å². The van der Waals surface area contributed by atoms with Gasteiger partial charge in [-0.15, -0.1) is 0 Å². The molecule has 1 aliphatic heterocycles. The first-order chi connectivity index (χ1) is 14.1. The summed E-state index contributed by atoms with van der Waals surface area (Å²) in [6.45, 7) is 10.1. The van der Waals surface area contributed by atoms with Crippen LogP contribution >= 0.6 is 12.6 Å². The van der Waals surface area contributed by atoms with Crippen LogP contribution < -0.4 is 5.32 Å². The van der Waals surface area contributed by atoms with Crippen molar-refractivity contribution in [1.82, 2.24) is 0 Å². The number of ether oxygens (including phenoxy) is 1. The van der Waals surface area contributed by atoms with E-state index in [4.69, 9.17) is 4.74 Å². The number of allylic oxidation sites excluding steroid dienone is 6. The number of hydrogen-bond donors (Lipinski definition) is 2. The molecule has 1 aromatic rings. The van der Waals surface area contributed by atoms with Crippen molar-refractivity contribution in [1.29, 1.82) is 0 Å². The van der Waals surface area contributed by atoms with Crippen molar-refractivity contribution in [2.24, 2.45) is 0 Å². The Labute approximate surface area is 183 Å². The van der Waals surface area contributed by atoms with Crippen LogP contribution in [0.1, 0.15) is 62.9 Å². The maximum Gasteiger partial charge on any atom is 0.337 e. The molecule has 1 aliphatic rings. The number of benzene rings is 1. The number of nitrogens with one attached hydrogen (secondary N) is 1. The molecule has 1 heterocycles. The molecule has 0 saturated heterocycles. The van der Waals surface area contributed by atoms with Gasteiger partial charge in [-0.2, -0.15) is 12.6 Å². The van der Waals surface area contributed by atoms with E-state index in [-0.39, 0.29) is 17.9 Å². The van der Waals surface area contributed by atoms with Gasteiger partial charge in [0, 0.05) is 11.6 Å². The Balaban J connectivity index is 0.00000184. The van der Waals surface area contributed by atoms with Crippen LogP contribution in [0.5, 0.6) is 0 Å². The Morgan fingerprint density at radius 1 is 1.14 bits per heavy atom. The lowest BCUT2D eigenvalue weighted by Gasteiger charge is -2.33. The SMILES string of the molecule is CC.CS.C\C=C/C=C\C(=C/C)C1CC(/C=C\C)c2cc(C(=O)OC)ccc2N1. The molecule has 160 valence electrons. The molecule has 0 radical (unpaired) electrons. The van der Waals surface area contributed by atoms with Crippen LogP contribution in [0.2, 0.25) is 0 Å². The van der Waals surface area contributed by atoms with Crippen molar-refractivity contribution >= 4 is 24.3 Å². The zero-order chi connectivity index (χ0) is 22.2. The second-order valence-corrected chi connectivity index (χ2v) is 6.03. The maximum absolute atomic E-state index is 11.8. The highest BCUT2D eigenvalue weighted by atomic mass is 32.1. The number of rotatable bonds is 5. The normalized spacial score (nSPS) is 18.4. The number of anilines is 1. The molecule has 4 heteroatoms. The van der Waals surface area contributed by atoms with Crippen LogP contribution in [0.15, 0.2) is 66.3 Å². The Morgan fingerprint density at radius 3 is 2.38 bits per heavy atom. The van der Waals surface area contributed by atoms with Gasteiger partial charge in [0.25, 0.3) is 0 Å². The highest BCUT2D eigenvalue weighted by molar-refractivity contribution is 7.79. The molecule has 0 fully saturated rings. The lowest BCUT2D eigenvalue weighted by atomic mass is 9.83. The van der Waals surface area contributed by atoms with Gasteiger partial charge < -0.3 is 10.1 Å². The lowest BCUT2D eigenvalue weighted by molar-refractivity contribution is 0.0600. The number of thiol groups is 1. The third kappa shape index (κ3) is 7.98. The highest BCUT2D eigenvalue weighted by Gasteiger charge is 2.27. The first-order valence-corrected chi connectivity index (χ1v) is 11.1. The van der Waals surface area contributed by atoms with Gasteiger partial charge in [-0.25, -0.2) is 4.79 Å². The van der Waals surface area contributed by atoms with E-state index in [0.717, 1.165) is 17.7 Å². The predicted molar refractivity (Wildman–Crippen MR) is 131 cm³/mol. The average molecular weight is 416 g/mol. The van der Waals surface area contributed by atoms with Gasteiger partial charge in [0.05, 0.1) is 18.7 Å². The Morgan fingerprint density at radius 2 is 1.83 bits per heavy atom. The minimum Gasteiger partial charge on any atom is -0.465 e. The third-order valence-electron chi connectivity index (χ3n) is 4.44. The van der Waals surface area contributed by atoms with E-state index in [2.05, 4.69) is 55.2 Å². The van der Waals surface area contributed by atoms with Crippen molar-refractivity contribution in [3.63, 3.8) is 0 Å². The molecule has 1 N–H and O–H groups in total. The summed E-state index contributed by atoms with van der Waals surface area (Å²) in [5.74, 6) is -0.0338. The minimum atomic E-state index is -0.299. The molecule has 2 rings (SSSR count). The number of hydrogen-bond acceptors (Lipinski definition) is 4. The van der Waals surface area contributed by atoms with Crippen LogP contribution in [-0.4, -0.2) is 25.4 Å². The van der Waals surface area contributed by atoms with Gasteiger partial charge in [0.15, 0.2) is 0 Å². The van der Waals surface area contributed by atoms with Gasteiger partial charge in [0.2, 0.25) is 0 Å². The Hall–Kier alpha value is -2.20. The van der Waals surface area contributed by atoms with Crippen LogP contribution in [0.4, 0.5) is 5.69 Å². The van der Waals surface area contributed by atoms with E-state index < -0.39 is 0 Å². The minimum absolute atomic E-state index is 0.240. The molecule has 2 atom stereocenters. The van der Waals surface area contributed by atoms with Gasteiger partial charge >= 0.3 is 5.97 Å². The van der Waals surface area contributed by atoms with Gasteiger partial charge in [-0.3, -0.25) is 0 Å².